The molecule has 0 fully saturated rings. The standard InChI is InChI=1S/C16H13ClN2S.BrH/c1-11-3-2-4-14(9-11)18-16-19-15(10-20-16)12-5-7-13(17)8-6-12;/h2-10H,1H3,(H,18,19);1H. The molecule has 0 bridgehead atoms. The van der Waals surface area contributed by atoms with Crippen molar-refractivity contribution in [3.05, 3.63) is 64.5 Å². The van der Waals surface area contributed by atoms with Crippen LogP contribution in [0.5, 0.6) is 0 Å². The van der Waals surface area contributed by atoms with Crippen molar-refractivity contribution in [2.24, 2.45) is 0 Å². The lowest BCUT2D eigenvalue weighted by molar-refractivity contribution is 1.37. The van der Waals surface area contributed by atoms with Gasteiger partial charge in [0.1, 0.15) is 0 Å². The lowest BCUT2D eigenvalue weighted by atomic mass is 10.2. The lowest BCUT2D eigenvalue weighted by Gasteiger charge is -2.03. The molecule has 5 heteroatoms. The minimum absolute atomic E-state index is 0. The fourth-order valence-corrected chi connectivity index (χ4v) is 2.80. The van der Waals surface area contributed by atoms with Crippen molar-refractivity contribution in [2.75, 3.05) is 5.32 Å². The van der Waals surface area contributed by atoms with E-state index >= 15 is 0 Å². The molecule has 0 unspecified atom stereocenters. The molecule has 0 aliphatic heterocycles. The zero-order chi connectivity index (χ0) is 13.9. The van der Waals surface area contributed by atoms with Gasteiger partial charge in [-0.05, 0) is 36.8 Å². The maximum absolute atomic E-state index is 5.90. The average molecular weight is 382 g/mol. The van der Waals surface area contributed by atoms with E-state index in [0.717, 1.165) is 27.1 Å². The van der Waals surface area contributed by atoms with E-state index in [1.165, 1.54) is 5.56 Å². The van der Waals surface area contributed by atoms with Gasteiger partial charge in [-0.3, -0.25) is 0 Å². The number of nitrogens with zero attached hydrogens (tertiary/aromatic N) is 1. The molecule has 0 saturated heterocycles. The Labute approximate surface area is 143 Å². The third-order valence-corrected chi connectivity index (χ3v) is 3.92. The Morgan fingerprint density at radius 1 is 1.10 bits per heavy atom. The van der Waals surface area contributed by atoms with Gasteiger partial charge in [0.15, 0.2) is 5.13 Å². The molecule has 2 nitrogen and oxygen atoms in total. The highest BCUT2D eigenvalue weighted by Crippen LogP contribution is 2.28. The molecule has 1 N–H and O–H groups in total. The highest BCUT2D eigenvalue weighted by molar-refractivity contribution is 8.93. The molecule has 0 atom stereocenters. The van der Waals surface area contributed by atoms with Crippen LogP contribution in [0.2, 0.25) is 5.02 Å². The molecule has 21 heavy (non-hydrogen) atoms. The predicted octanol–water partition coefficient (Wildman–Crippen LogP) is 6.09. The van der Waals surface area contributed by atoms with E-state index in [2.05, 4.69) is 29.4 Å². The van der Waals surface area contributed by atoms with Crippen molar-refractivity contribution in [2.45, 2.75) is 6.92 Å². The largest absolute Gasteiger partial charge is 0.332 e. The van der Waals surface area contributed by atoms with E-state index in [-0.39, 0.29) is 17.0 Å². The first-order valence-corrected chi connectivity index (χ1v) is 7.52. The van der Waals surface area contributed by atoms with Crippen molar-refractivity contribution < 1.29 is 0 Å². The summed E-state index contributed by atoms with van der Waals surface area (Å²) >= 11 is 7.49. The van der Waals surface area contributed by atoms with Crippen LogP contribution in [0, 0.1) is 6.92 Å². The van der Waals surface area contributed by atoms with Gasteiger partial charge in [-0.1, -0.05) is 35.9 Å². The number of hydrogen-bond acceptors (Lipinski definition) is 3. The van der Waals surface area contributed by atoms with Gasteiger partial charge < -0.3 is 5.32 Å². The van der Waals surface area contributed by atoms with Crippen LogP contribution in [-0.4, -0.2) is 4.98 Å². The number of halogens is 2. The van der Waals surface area contributed by atoms with Crippen LogP contribution in [0.25, 0.3) is 11.3 Å². The second-order valence-electron chi connectivity index (χ2n) is 4.54. The number of hydrogen-bond donors (Lipinski definition) is 1. The summed E-state index contributed by atoms with van der Waals surface area (Å²) in [6, 6.07) is 16.0. The smallest absolute Gasteiger partial charge is 0.187 e. The predicted molar refractivity (Wildman–Crippen MR) is 97.3 cm³/mol. The van der Waals surface area contributed by atoms with Gasteiger partial charge in [-0.2, -0.15) is 0 Å². The summed E-state index contributed by atoms with van der Waals surface area (Å²) < 4.78 is 0. The van der Waals surface area contributed by atoms with Crippen LogP contribution in [0.4, 0.5) is 10.8 Å². The van der Waals surface area contributed by atoms with Crippen molar-refractivity contribution in [1.82, 2.24) is 4.98 Å². The van der Waals surface area contributed by atoms with Gasteiger partial charge in [0.25, 0.3) is 0 Å². The number of aryl methyl sites for hydroxylation is 1. The summed E-state index contributed by atoms with van der Waals surface area (Å²) in [5, 5.41) is 7.00. The van der Waals surface area contributed by atoms with E-state index in [1.807, 2.05) is 41.8 Å². The van der Waals surface area contributed by atoms with Crippen LogP contribution >= 0.6 is 39.9 Å². The Morgan fingerprint density at radius 3 is 2.57 bits per heavy atom. The molecule has 0 amide bonds. The Kier molecular flexibility index (Phi) is 5.39. The molecule has 0 saturated carbocycles. The van der Waals surface area contributed by atoms with Crippen molar-refractivity contribution >= 4 is 50.7 Å². The minimum atomic E-state index is 0. The summed E-state index contributed by atoms with van der Waals surface area (Å²) in [7, 11) is 0. The number of benzene rings is 2. The van der Waals surface area contributed by atoms with Gasteiger partial charge in [0.05, 0.1) is 5.69 Å². The zero-order valence-electron chi connectivity index (χ0n) is 11.3. The second kappa shape index (κ2) is 7.07. The molecule has 0 radical (unpaired) electrons. The van der Waals surface area contributed by atoms with Crippen LogP contribution in [-0.2, 0) is 0 Å². The molecular formula is C16H14BrClN2S. The van der Waals surface area contributed by atoms with E-state index in [9.17, 15) is 0 Å². The Bertz CT molecular complexity index is 725. The minimum Gasteiger partial charge on any atom is -0.332 e. The van der Waals surface area contributed by atoms with Gasteiger partial charge in [0, 0.05) is 21.7 Å². The third-order valence-electron chi connectivity index (χ3n) is 2.91. The van der Waals surface area contributed by atoms with E-state index < -0.39 is 0 Å². The first kappa shape index (κ1) is 16.0. The van der Waals surface area contributed by atoms with Gasteiger partial charge in [-0.25, -0.2) is 4.98 Å². The number of thiazole rings is 1. The van der Waals surface area contributed by atoms with Crippen LogP contribution in [0.1, 0.15) is 5.56 Å². The maximum Gasteiger partial charge on any atom is 0.187 e. The quantitative estimate of drug-likeness (QED) is 0.593. The number of rotatable bonds is 3. The molecule has 108 valence electrons. The molecule has 0 aliphatic carbocycles. The van der Waals surface area contributed by atoms with E-state index in [1.54, 1.807) is 11.3 Å². The van der Waals surface area contributed by atoms with E-state index in [0.29, 0.717) is 0 Å². The van der Waals surface area contributed by atoms with Crippen LogP contribution in [0.15, 0.2) is 53.9 Å². The third kappa shape index (κ3) is 4.06. The van der Waals surface area contributed by atoms with Crippen molar-refractivity contribution in [3.8, 4) is 11.3 Å². The normalized spacial score (nSPS) is 10.0. The molecule has 3 aromatic rings. The Balaban J connectivity index is 0.00000161. The van der Waals surface area contributed by atoms with E-state index in [4.69, 9.17) is 11.6 Å². The molecule has 2 aromatic carbocycles. The second-order valence-corrected chi connectivity index (χ2v) is 5.83. The average Bonchev–Trinajstić information content (AvgIpc) is 2.88. The zero-order valence-corrected chi connectivity index (χ0v) is 14.6. The molecule has 3 rings (SSSR count). The highest BCUT2D eigenvalue weighted by Gasteiger charge is 2.05. The molecule has 0 spiro atoms. The number of anilines is 2. The molecule has 1 heterocycles. The lowest BCUT2D eigenvalue weighted by Crippen LogP contribution is -1.89. The summed E-state index contributed by atoms with van der Waals surface area (Å²) in [5.41, 5.74) is 4.32. The Hall–Kier alpha value is -1.36. The fourth-order valence-electron chi connectivity index (χ4n) is 1.93. The summed E-state index contributed by atoms with van der Waals surface area (Å²) in [4.78, 5) is 4.60. The van der Waals surface area contributed by atoms with Gasteiger partial charge in [0.2, 0.25) is 0 Å². The number of nitrogens with one attached hydrogen (secondary N) is 1. The molecular weight excluding hydrogens is 368 g/mol. The topological polar surface area (TPSA) is 24.9 Å². The summed E-state index contributed by atoms with van der Waals surface area (Å²) in [6.07, 6.45) is 0. The van der Waals surface area contributed by atoms with Crippen LogP contribution in [0.3, 0.4) is 0 Å². The number of aromatic nitrogens is 1. The molecule has 1 aromatic heterocycles. The highest BCUT2D eigenvalue weighted by atomic mass is 79.9. The summed E-state index contributed by atoms with van der Waals surface area (Å²) in [6.45, 7) is 2.08. The van der Waals surface area contributed by atoms with Crippen molar-refractivity contribution in [3.63, 3.8) is 0 Å². The summed E-state index contributed by atoms with van der Waals surface area (Å²) in [5.74, 6) is 0. The van der Waals surface area contributed by atoms with Gasteiger partial charge >= 0.3 is 0 Å². The van der Waals surface area contributed by atoms with Crippen LogP contribution < -0.4 is 5.32 Å². The maximum atomic E-state index is 5.90. The first-order chi connectivity index (χ1) is 9.70. The molecule has 0 aliphatic rings. The fraction of sp³-hybridized carbons (Fsp3) is 0.0625. The Morgan fingerprint density at radius 2 is 1.86 bits per heavy atom. The monoisotopic (exact) mass is 380 g/mol. The van der Waals surface area contributed by atoms with Crippen molar-refractivity contribution in [1.29, 1.82) is 0 Å². The van der Waals surface area contributed by atoms with Gasteiger partial charge in [-0.15, -0.1) is 28.3 Å². The first-order valence-electron chi connectivity index (χ1n) is 6.26. The SMILES string of the molecule is Br.Cc1cccc(Nc2nc(-c3ccc(Cl)cc3)cs2)c1.